The van der Waals surface area contributed by atoms with Crippen molar-refractivity contribution in [1.82, 2.24) is 0 Å². The van der Waals surface area contributed by atoms with Gasteiger partial charge in [-0.3, -0.25) is 10.1 Å². The number of hydrogen-bond donors (Lipinski definition) is 1. The van der Waals surface area contributed by atoms with E-state index in [0.717, 1.165) is 6.42 Å². The van der Waals surface area contributed by atoms with E-state index >= 15 is 0 Å². The summed E-state index contributed by atoms with van der Waals surface area (Å²) in [5.74, 6) is 2.55. The first kappa shape index (κ1) is 13.5. The number of nitrogens with zero attached hydrogens (tertiary/aromatic N) is 2. The third-order valence-electron chi connectivity index (χ3n) is 2.55. The molecule has 1 N–H and O–H groups in total. The first-order valence-corrected chi connectivity index (χ1v) is 5.50. The van der Waals surface area contributed by atoms with Crippen molar-refractivity contribution in [3.05, 3.63) is 33.9 Å². The molecule has 0 bridgehead atoms. The summed E-state index contributed by atoms with van der Waals surface area (Å²) in [6.45, 7) is 1.98. The van der Waals surface area contributed by atoms with Crippen molar-refractivity contribution in [2.45, 2.75) is 25.8 Å². The van der Waals surface area contributed by atoms with E-state index in [4.69, 9.17) is 11.7 Å². The van der Waals surface area contributed by atoms with Gasteiger partial charge in [-0.25, -0.2) is 0 Å². The molecule has 0 heterocycles. The summed E-state index contributed by atoms with van der Waals surface area (Å²) in [5, 5.41) is 22.7. The van der Waals surface area contributed by atoms with Gasteiger partial charge in [0.05, 0.1) is 16.2 Å². The molecule has 0 aliphatic carbocycles. The zero-order chi connectivity index (χ0) is 13.5. The molecule has 92 valence electrons. The van der Waals surface area contributed by atoms with E-state index in [0.29, 0.717) is 12.1 Å². The predicted molar refractivity (Wildman–Crippen MR) is 69.0 cm³/mol. The van der Waals surface area contributed by atoms with E-state index in [1.165, 1.54) is 18.2 Å². The zero-order valence-corrected chi connectivity index (χ0v) is 10.0. The van der Waals surface area contributed by atoms with Crippen LogP contribution in [0.1, 0.15) is 25.3 Å². The van der Waals surface area contributed by atoms with Crippen LogP contribution in [0.4, 0.5) is 11.4 Å². The number of nitriles is 1. The zero-order valence-electron chi connectivity index (χ0n) is 10.0. The molecule has 0 saturated heterocycles. The first-order valence-electron chi connectivity index (χ1n) is 5.50. The van der Waals surface area contributed by atoms with Crippen molar-refractivity contribution in [1.29, 1.82) is 5.26 Å². The Morgan fingerprint density at radius 1 is 1.61 bits per heavy atom. The Morgan fingerprint density at radius 2 is 2.33 bits per heavy atom. The minimum absolute atomic E-state index is 0.0588. The smallest absolute Gasteiger partial charge is 0.270 e. The van der Waals surface area contributed by atoms with Crippen LogP contribution in [0.5, 0.6) is 0 Å². The first-order chi connectivity index (χ1) is 8.62. The average Bonchev–Trinajstić information content (AvgIpc) is 2.38. The highest BCUT2D eigenvalue weighted by Gasteiger charge is 2.12. The van der Waals surface area contributed by atoms with Gasteiger partial charge in [0.15, 0.2) is 0 Å². The molecule has 5 nitrogen and oxygen atoms in total. The molecule has 1 atom stereocenters. The van der Waals surface area contributed by atoms with E-state index in [1.54, 1.807) is 0 Å². The number of hydrogen-bond acceptors (Lipinski definition) is 4. The fourth-order valence-electron chi connectivity index (χ4n) is 1.52. The Labute approximate surface area is 106 Å². The number of anilines is 1. The van der Waals surface area contributed by atoms with Crippen LogP contribution in [-0.4, -0.2) is 11.0 Å². The van der Waals surface area contributed by atoms with Crippen LogP contribution in [0.2, 0.25) is 0 Å². The quantitative estimate of drug-likeness (QED) is 0.490. The van der Waals surface area contributed by atoms with Crippen molar-refractivity contribution in [3.63, 3.8) is 0 Å². The topological polar surface area (TPSA) is 79.0 Å². The van der Waals surface area contributed by atoms with Gasteiger partial charge >= 0.3 is 0 Å². The molecule has 0 aliphatic heterocycles. The molecule has 0 aliphatic rings. The van der Waals surface area contributed by atoms with Gasteiger partial charge in [0.1, 0.15) is 6.07 Å². The van der Waals surface area contributed by atoms with Crippen molar-refractivity contribution >= 4 is 11.4 Å². The number of non-ortho nitro benzene ring substituents is 1. The molecule has 5 heteroatoms. The van der Waals surface area contributed by atoms with Gasteiger partial charge in [-0.05, 0) is 12.5 Å². The van der Waals surface area contributed by atoms with E-state index in [9.17, 15) is 10.1 Å². The van der Waals surface area contributed by atoms with Crippen LogP contribution in [0.25, 0.3) is 0 Å². The predicted octanol–water partition coefficient (Wildman–Crippen LogP) is 2.68. The SMILES string of the molecule is C#CCC(CC)Nc1ccc([N+](=O)[O-])cc1C#N. The molecule has 1 rings (SSSR count). The van der Waals surface area contributed by atoms with Gasteiger partial charge in [-0.2, -0.15) is 5.26 Å². The Balaban J connectivity index is 3.00. The summed E-state index contributed by atoms with van der Waals surface area (Å²) in [5.41, 5.74) is 0.729. The van der Waals surface area contributed by atoms with Crippen LogP contribution in [0.15, 0.2) is 18.2 Å². The molecular weight excluding hydrogens is 230 g/mol. The number of nitro benzene ring substituents is 1. The standard InChI is InChI=1S/C13H13N3O2/c1-3-5-11(4-2)15-13-7-6-12(16(17)18)8-10(13)9-14/h1,6-8,11,15H,4-5H2,2H3. The number of rotatable bonds is 5. The highest BCUT2D eigenvalue weighted by Crippen LogP contribution is 2.22. The summed E-state index contributed by atoms with van der Waals surface area (Å²) in [7, 11) is 0. The summed E-state index contributed by atoms with van der Waals surface area (Å²) >= 11 is 0. The molecule has 1 aromatic rings. The summed E-state index contributed by atoms with van der Waals surface area (Å²) in [6, 6.07) is 6.16. The summed E-state index contributed by atoms with van der Waals surface area (Å²) in [4.78, 5) is 10.1. The third kappa shape index (κ3) is 3.23. The molecule has 18 heavy (non-hydrogen) atoms. The minimum Gasteiger partial charge on any atom is -0.380 e. The lowest BCUT2D eigenvalue weighted by molar-refractivity contribution is -0.384. The van der Waals surface area contributed by atoms with Gasteiger partial charge in [-0.15, -0.1) is 12.3 Å². The molecule has 0 radical (unpaired) electrons. The highest BCUT2D eigenvalue weighted by molar-refractivity contribution is 5.61. The van der Waals surface area contributed by atoms with E-state index < -0.39 is 4.92 Å². The van der Waals surface area contributed by atoms with Crippen molar-refractivity contribution < 1.29 is 4.92 Å². The van der Waals surface area contributed by atoms with Crippen molar-refractivity contribution in [3.8, 4) is 18.4 Å². The van der Waals surface area contributed by atoms with E-state index in [1.807, 2.05) is 13.0 Å². The second-order valence-corrected chi connectivity index (χ2v) is 3.76. The average molecular weight is 243 g/mol. The molecule has 0 spiro atoms. The maximum atomic E-state index is 10.6. The lowest BCUT2D eigenvalue weighted by Crippen LogP contribution is -2.18. The maximum Gasteiger partial charge on any atom is 0.270 e. The van der Waals surface area contributed by atoms with Gasteiger partial charge in [0.2, 0.25) is 0 Å². The number of terminal acetylenes is 1. The number of nitro groups is 1. The maximum absolute atomic E-state index is 10.6. The van der Waals surface area contributed by atoms with Crippen LogP contribution < -0.4 is 5.32 Å². The Kier molecular flexibility index (Phi) is 4.71. The molecule has 0 amide bonds. The van der Waals surface area contributed by atoms with E-state index in [-0.39, 0.29) is 17.3 Å². The fraction of sp³-hybridized carbons (Fsp3) is 0.308. The summed E-state index contributed by atoms with van der Waals surface area (Å²) in [6.07, 6.45) is 6.60. The Bertz CT molecular complexity index is 526. The Hall–Kier alpha value is -2.53. The molecular formula is C13H13N3O2. The summed E-state index contributed by atoms with van der Waals surface area (Å²) < 4.78 is 0. The van der Waals surface area contributed by atoms with Crippen molar-refractivity contribution in [2.75, 3.05) is 5.32 Å². The van der Waals surface area contributed by atoms with E-state index in [2.05, 4.69) is 11.2 Å². The van der Waals surface area contributed by atoms with Gasteiger partial charge in [0.25, 0.3) is 5.69 Å². The van der Waals surface area contributed by atoms with Gasteiger partial charge in [-0.1, -0.05) is 6.92 Å². The second kappa shape index (κ2) is 6.27. The van der Waals surface area contributed by atoms with Crippen LogP contribution >= 0.6 is 0 Å². The number of benzene rings is 1. The lowest BCUT2D eigenvalue weighted by Gasteiger charge is -2.16. The molecule has 0 aromatic heterocycles. The molecule has 0 fully saturated rings. The fourth-order valence-corrected chi connectivity index (χ4v) is 1.52. The highest BCUT2D eigenvalue weighted by atomic mass is 16.6. The van der Waals surface area contributed by atoms with Crippen LogP contribution in [0, 0.1) is 33.8 Å². The van der Waals surface area contributed by atoms with Crippen LogP contribution in [-0.2, 0) is 0 Å². The Morgan fingerprint density at radius 3 is 2.83 bits per heavy atom. The normalized spacial score (nSPS) is 11.1. The van der Waals surface area contributed by atoms with Gasteiger partial charge < -0.3 is 5.32 Å². The largest absolute Gasteiger partial charge is 0.380 e. The third-order valence-corrected chi connectivity index (χ3v) is 2.55. The molecule has 0 saturated carbocycles. The minimum atomic E-state index is -0.524. The molecule has 1 unspecified atom stereocenters. The van der Waals surface area contributed by atoms with Gasteiger partial charge in [0, 0.05) is 24.6 Å². The van der Waals surface area contributed by atoms with Crippen LogP contribution in [0.3, 0.4) is 0 Å². The van der Waals surface area contributed by atoms with Crippen molar-refractivity contribution in [2.24, 2.45) is 0 Å². The monoisotopic (exact) mass is 243 g/mol. The molecule has 1 aromatic carbocycles. The lowest BCUT2D eigenvalue weighted by atomic mass is 10.1. The second-order valence-electron chi connectivity index (χ2n) is 3.76. The number of nitrogens with one attached hydrogen (secondary N) is 1.